The molecule has 0 fully saturated rings. The monoisotopic (exact) mass is 303 g/mol. The normalized spacial score (nSPS) is 13.4. The van der Waals surface area contributed by atoms with Crippen LogP contribution in [0, 0.1) is 5.82 Å². The van der Waals surface area contributed by atoms with E-state index in [-0.39, 0.29) is 5.69 Å². The Balaban J connectivity index is 2.48. The average molecular weight is 303 g/mol. The van der Waals surface area contributed by atoms with Crippen molar-refractivity contribution in [2.45, 2.75) is 32.2 Å². The lowest BCUT2D eigenvalue weighted by Crippen LogP contribution is -2.16. The van der Waals surface area contributed by atoms with E-state index in [1.165, 1.54) is 10.9 Å². The lowest BCUT2D eigenvalue weighted by Gasteiger charge is -2.18. The highest BCUT2D eigenvalue weighted by Crippen LogP contribution is 2.36. The summed E-state index contributed by atoms with van der Waals surface area (Å²) < 4.78 is 53.3. The van der Waals surface area contributed by atoms with Crippen molar-refractivity contribution in [3.05, 3.63) is 47.0 Å². The van der Waals surface area contributed by atoms with Crippen LogP contribution in [-0.4, -0.2) is 20.1 Å². The highest BCUT2D eigenvalue weighted by molar-refractivity contribution is 5.35. The van der Waals surface area contributed by atoms with Crippen LogP contribution in [0.15, 0.2) is 24.4 Å². The van der Waals surface area contributed by atoms with Gasteiger partial charge in [0.1, 0.15) is 11.9 Å². The maximum Gasteiger partial charge on any atom is 0.416 e. The van der Waals surface area contributed by atoms with Crippen LogP contribution < -0.4 is 0 Å². The summed E-state index contributed by atoms with van der Waals surface area (Å²) in [7, 11) is 0. The van der Waals surface area contributed by atoms with Crippen LogP contribution in [0.2, 0.25) is 0 Å². The first-order valence-electron chi connectivity index (χ1n) is 6.27. The summed E-state index contributed by atoms with van der Waals surface area (Å²) in [6.45, 7) is 2.27. The summed E-state index contributed by atoms with van der Waals surface area (Å²) in [5.41, 5.74) is -1.50. The third-order valence-electron chi connectivity index (χ3n) is 2.98. The number of aromatic nitrogens is 3. The number of aliphatic hydroxyl groups excluding tert-OH is 1. The van der Waals surface area contributed by atoms with Gasteiger partial charge in [0.2, 0.25) is 0 Å². The van der Waals surface area contributed by atoms with E-state index in [4.69, 9.17) is 0 Å². The van der Waals surface area contributed by atoms with Crippen molar-refractivity contribution in [3.63, 3.8) is 0 Å². The lowest BCUT2D eigenvalue weighted by atomic mass is 9.99. The SMILES string of the molecule is CCCn1nncc1C(O)c1ccc(F)cc1C(F)(F)F. The zero-order valence-corrected chi connectivity index (χ0v) is 11.1. The van der Waals surface area contributed by atoms with Crippen molar-refractivity contribution in [1.82, 2.24) is 15.0 Å². The van der Waals surface area contributed by atoms with Gasteiger partial charge in [0.05, 0.1) is 17.5 Å². The molecule has 114 valence electrons. The van der Waals surface area contributed by atoms with Gasteiger partial charge in [0, 0.05) is 6.54 Å². The zero-order chi connectivity index (χ0) is 15.6. The first kappa shape index (κ1) is 15.4. The molecule has 0 bridgehead atoms. The fourth-order valence-electron chi connectivity index (χ4n) is 2.03. The van der Waals surface area contributed by atoms with Gasteiger partial charge < -0.3 is 5.11 Å². The van der Waals surface area contributed by atoms with Gasteiger partial charge in [0.25, 0.3) is 0 Å². The van der Waals surface area contributed by atoms with Gasteiger partial charge in [0.15, 0.2) is 0 Å². The zero-order valence-electron chi connectivity index (χ0n) is 11.1. The van der Waals surface area contributed by atoms with Crippen LogP contribution in [0.4, 0.5) is 17.6 Å². The molecule has 0 amide bonds. The predicted molar refractivity (Wildman–Crippen MR) is 65.8 cm³/mol. The molecule has 2 aromatic rings. The first-order valence-corrected chi connectivity index (χ1v) is 6.27. The van der Waals surface area contributed by atoms with Crippen molar-refractivity contribution in [2.24, 2.45) is 0 Å². The molecule has 1 unspecified atom stereocenters. The molecule has 1 heterocycles. The van der Waals surface area contributed by atoms with Crippen molar-refractivity contribution in [3.8, 4) is 0 Å². The largest absolute Gasteiger partial charge is 0.416 e. The number of rotatable bonds is 4. The molecule has 0 radical (unpaired) electrons. The molecule has 0 saturated heterocycles. The number of hydrogen-bond acceptors (Lipinski definition) is 3. The van der Waals surface area contributed by atoms with E-state index in [2.05, 4.69) is 10.3 Å². The molecule has 0 aliphatic carbocycles. The molecule has 2 rings (SSSR count). The molecule has 0 saturated carbocycles. The van der Waals surface area contributed by atoms with Crippen LogP contribution in [-0.2, 0) is 12.7 Å². The maximum atomic E-state index is 13.1. The van der Waals surface area contributed by atoms with E-state index in [1.54, 1.807) is 0 Å². The Morgan fingerprint density at radius 3 is 2.67 bits per heavy atom. The maximum absolute atomic E-state index is 13.1. The number of aliphatic hydroxyl groups is 1. The summed E-state index contributed by atoms with van der Waals surface area (Å²) in [5, 5.41) is 17.5. The highest BCUT2D eigenvalue weighted by Gasteiger charge is 2.36. The Morgan fingerprint density at radius 1 is 1.33 bits per heavy atom. The Morgan fingerprint density at radius 2 is 2.05 bits per heavy atom. The Kier molecular flexibility index (Phi) is 4.26. The number of halogens is 4. The smallest absolute Gasteiger partial charge is 0.382 e. The molecule has 0 aliphatic rings. The fraction of sp³-hybridized carbons (Fsp3) is 0.385. The molecular weight excluding hydrogens is 290 g/mol. The van der Waals surface area contributed by atoms with Crippen LogP contribution >= 0.6 is 0 Å². The number of benzene rings is 1. The second-order valence-corrected chi connectivity index (χ2v) is 4.51. The second-order valence-electron chi connectivity index (χ2n) is 4.51. The van der Waals surface area contributed by atoms with E-state index < -0.39 is 29.2 Å². The molecule has 8 heteroatoms. The minimum absolute atomic E-state index is 0.133. The minimum atomic E-state index is -4.76. The van der Waals surface area contributed by atoms with E-state index >= 15 is 0 Å². The number of aryl methyl sites for hydroxylation is 1. The van der Waals surface area contributed by atoms with Crippen molar-refractivity contribution >= 4 is 0 Å². The molecule has 0 spiro atoms. The van der Waals surface area contributed by atoms with Crippen LogP contribution in [0.5, 0.6) is 0 Å². The predicted octanol–water partition coefficient (Wildman–Crippen LogP) is 2.93. The Hall–Kier alpha value is -1.96. The standard InChI is InChI=1S/C13H13F4N3O/c1-2-5-20-11(7-18-19-20)12(21)9-4-3-8(14)6-10(9)13(15,16)17/h3-4,6-7,12,21H,2,5H2,1H3. The van der Waals surface area contributed by atoms with Crippen LogP contribution in [0.3, 0.4) is 0 Å². The topological polar surface area (TPSA) is 50.9 Å². The second kappa shape index (κ2) is 5.80. The summed E-state index contributed by atoms with van der Waals surface area (Å²) in [6.07, 6.45) is -4.46. The molecule has 1 atom stereocenters. The highest BCUT2D eigenvalue weighted by atomic mass is 19.4. The quantitative estimate of drug-likeness (QED) is 0.884. The van der Waals surface area contributed by atoms with Crippen LogP contribution in [0.25, 0.3) is 0 Å². The molecule has 1 aromatic heterocycles. The lowest BCUT2D eigenvalue weighted by molar-refractivity contribution is -0.139. The van der Waals surface area contributed by atoms with Crippen molar-refractivity contribution in [2.75, 3.05) is 0 Å². The third kappa shape index (κ3) is 3.21. The van der Waals surface area contributed by atoms with Crippen molar-refractivity contribution in [1.29, 1.82) is 0 Å². The van der Waals surface area contributed by atoms with E-state index in [9.17, 15) is 22.7 Å². The third-order valence-corrected chi connectivity index (χ3v) is 2.98. The van der Waals surface area contributed by atoms with Gasteiger partial charge in [-0.2, -0.15) is 13.2 Å². The average Bonchev–Trinajstić information content (AvgIpc) is 2.85. The van der Waals surface area contributed by atoms with Gasteiger partial charge in [-0.05, 0) is 24.1 Å². The van der Waals surface area contributed by atoms with Crippen LogP contribution in [0.1, 0.15) is 36.3 Å². The number of hydrogen-bond donors (Lipinski definition) is 1. The first-order chi connectivity index (χ1) is 9.84. The molecule has 21 heavy (non-hydrogen) atoms. The van der Waals surface area contributed by atoms with Gasteiger partial charge >= 0.3 is 6.18 Å². The molecule has 4 nitrogen and oxygen atoms in total. The molecule has 0 aliphatic heterocycles. The van der Waals surface area contributed by atoms with E-state index in [0.29, 0.717) is 19.0 Å². The number of alkyl halides is 3. The van der Waals surface area contributed by atoms with E-state index in [1.807, 2.05) is 6.92 Å². The molecule has 1 N–H and O–H groups in total. The van der Waals surface area contributed by atoms with Gasteiger partial charge in [-0.25, -0.2) is 9.07 Å². The number of nitrogens with zero attached hydrogens (tertiary/aromatic N) is 3. The fourth-order valence-corrected chi connectivity index (χ4v) is 2.03. The summed E-state index contributed by atoms with van der Waals surface area (Å²) in [6, 6.07) is 2.17. The molecule has 1 aromatic carbocycles. The minimum Gasteiger partial charge on any atom is -0.382 e. The van der Waals surface area contributed by atoms with Crippen molar-refractivity contribution < 1.29 is 22.7 Å². The molecular formula is C13H13F4N3O. The van der Waals surface area contributed by atoms with Gasteiger partial charge in [-0.3, -0.25) is 0 Å². The van der Waals surface area contributed by atoms with Gasteiger partial charge in [-0.15, -0.1) is 5.10 Å². The van der Waals surface area contributed by atoms with Gasteiger partial charge in [-0.1, -0.05) is 18.2 Å². The summed E-state index contributed by atoms with van der Waals surface area (Å²) in [5.74, 6) is -1.02. The summed E-state index contributed by atoms with van der Waals surface area (Å²) >= 11 is 0. The summed E-state index contributed by atoms with van der Waals surface area (Å²) in [4.78, 5) is 0. The Labute approximate surface area is 118 Å². The Bertz CT molecular complexity index is 624. The van der Waals surface area contributed by atoms with E-state index in [0.717, 1.165) is 12.1 Å².